The first-order valence-corrected chi connectivity index (χ1v) is 6.22. The van der Waals surface area contributed by atoms with Crippen LogP contribution >= 0.6 is 0 Å². The lowest BCUT2D eigenvalue weighted by Crippen LogP contribution is -2.38. The highest BCUT2D eigenvalue weighted by Gasteiger charge is 2.37. The van der Waals surface area contributed by atoms with Crippen molar-refractivity contribution in [2.24, 2.45) is 5.92 Å². The van der Waals surface area contributed by atoms with Crippen LogP contribution in [0, 0.1) is 5.92 Å². The van der Waals surface area contributed by atoms with E-state index in [1.807, 2.05) is 4.90 Å². The number of nitrogen functional groups attached to an aromatic ring is 1. The molecule has 1 aliphatic carbocycles. The lowest BCUT2D eigenvalue weighted by molar-refractivity contribution is 0.0696. The van der Waals surface area contributed by atoms with Gasteiger partial charge in [0.2, 0.25) is 11.5 Å². The van der Waals surface area contributed by atoms with Crippen LogP contribution in [0.3, 0.4) is 0 Å². The van der Waals surface area contributed by atoms with Gasteiger partial charge in [0.15, 0.2) is 0 Å². The average molecular weight is 252 g/mol. The first kappa shape index (κ1) is 11.5. The summed E-state index contributed by atoms with van der Waals surface area (Å²) in [5.41, 5.74) is 5.69. The Hall–Kier alpha value is -1.63. The molecule has 1 aliphatic heterocycles. The lowest BCUT2D eigenvalue weighted by Gasteiger charge is -2.24. The molecule has 2 heterocycles. The third kappa shape index (κ3) is 2.17. The van der Waals surface area contributed by atoms with E-state index in [-0.39, 0.29) is 17.4 Å². The molecule has 1 aromatic rings. The quantitative estimate of drug-likeness (QED) is 0.827. The van der Waals surface area contributed by atoms with Crippen molar-refractivity contribution in [3.63, 3.8) is 0 Å². The van der Waals surface area contributed by atoms with Crippen LogP contribution in [0.5, 0.6) is 0 Å². The summed E-state index contributed by atoms with van der Waals surface area (Å²) in [6, 6.07) is 0.314. The average Bonchev–Trinajstić information content (AvgIpc) is 2.89. The van der Waals surface area contributed by atoms with Crippen molar-refractivity contribution in [1.29, 1.82) is 0 Å². The smallest absolute Gasteiger partial charge is 0.280 e. The van der Waals surface area contributed by atoms with Crippen molar-refractivity contribution in [2.45, 2.75) is 25.3 Å². The van der Waals surface area contributed by atoms with E-state index in [2.05, 4.69) is 14.9 Å². The SMILES string of the molecule is Nc1nonc1C(=O)N(CC1CCOC1)C1CC1. The summed E-state index contributed by atoms with van der Waals surface area (Å²) in [5, 5.41) is 7.04. The summed E-state index contributed by atoms with van der Waals surface area (Å²) in [6.45, 7) is 2.21. The summed E-state index contributed by atoms with van der Waals surface area (Å²) in [6.07, 6.45) is 3.10. The fourth-order valence-corrected chi connectivity index (χ4v) is 2.27. The van der Waals surface area contributed by atoms with E-state index in [1.165, 1.54) is 0 Å². The Morgan fingerprint density at radius 2 is 2.22 bits per heavy atom. The van der Waals surface area contributed by atoms with Crippen LogP contribution in [0.25, 0.3) is 0 Å². The van der Waals surface area contributed by atoms with Gasteiger partial charge in [-0.2, -0.15) is 0 Å². The monoisotopic (exact) mass is 252 g/mol. The molecule has 3 rings (SSSR count). The minimum atomic E-state index is -0.178. The lowest BCUT2D eigenvalue weighted by atomic mass is 10.1. The maximum Gasteiger partial charge on any atom is 0.280 e. The van der Waals surface area contributed by atoms with Gasteiger partial charge in [-0.05, 0) is 29.6 Å². The Morgan fingerprint density at radius 3 is 2.78 bits per heavy atom. The standard InChI is InChI=1S/C11H16N4O3/c12-10-9(13-18-14-10)11(16)15(8-1-2-8)5-7-3-4-17-6-7/h7-8H,1-6H2,(H2,12,14). The molecular formula is C11H16N4O3. The number of hydrogen-bond acceptors (Lipinski definition) is 6. The Labute approximate surface area is 104 Å². The molecule has 1 saturated heterocycles. The molecule has 7 nitrogen and oxygen atoms in total. The predicted molar refractivity (Wildman–Crippen MR) is 61.7 cm³/mol. The third-order valence-electron chi connectivity index (χ3n) is 3.44. The van der Waals surface area contributed by atoms with Gasteiger partial charge in [-0.15, -0.1) is 0 Å². The number of carbonyl (C=O) groups is 1. The summed E-state index contributed by atoms with van der Waals surface area (Å²) >= 11 is 0. The number of aromatic nitrogens is 2. The van der Waals surface area contributed by atoms with Crippen molar-refractivity contribution < 1.29 is 14.2 Å². The maximum absolute atomic E-state index is 12.3. The molecule has 98 valence electrons. The first-order valence-electron chi connectivity index (χ1n) is 6.22. The zero-order valence-corrected chi connectivity index (χ0v) is 10.0. The second-order valence-electron chi connectivity index (χ2n) is 4.92. The Balaban J connectivity index is 1.73. The van der Waals surface area contributed by atoms with E-state index in [1.54, 1.807) is 0 Å². The van der Waals surface area contributed by atoms with Crippen LogP contribution in [0.15, 0.2) is 4.63 Å². The minimum absolute atomic E-state index is 0.0633. The van der Waals surface area contributed by atoms with Crippen LogP contribution in [0.4, 0.5) is 5.82 Å². The van der Waals surface area contributed by atoms with Crippen LogP contribution in [-0.4, -0.2) is 46.9 Å². The van der Waals surface area contributed by atoms with Crippen LogP contribution in [-0.2, 0) is 4.74 Å². The van der Waals surface area contributed by atoms with Crippen molar-refractivity contribution in [3.8, 4) is 0 Å². The van der Waals surface area contributed by atoms with E-state index < -0.39 is 0 Å². The summed E-state index contributed by atoms with van der Waals surface area (Å²) < 4.78 is 9.83. The largest absolute Gasteiger partial charge is 0.381 e. The summed E-state index contributed by atoms with van der Waals surface area (Å²) in [4.78, 5) is 14.2. The highest BCUT2D eigenvalue weighted by molar-refractivity contribution is 5.96. The number of nitrogens with zero attached hydrogens (tertiary/aromatic N) is 3. The van der Waals surface area contributed by atoms with E-state index in [9.17, 15) is 4.79 Å². The van der Waals surface area contributed by atoms with E-state index in [0.29, 0.717) is 18.5 Å². The van der Waals surface area contributed by atoms with Gasteiger partial charge in [0.1, 0.15) is 0 Å². The Morgan fingerprint density at radius 1 is 1.39 bits per heavy atom. The fraction of sp³-hybridized carbons (Fsp3) is 0.727. The molecule has 0 bridgehead atoms. The molecule has 1 saturated carbocycles. The number of amides is 1. The molecule has 18 heavy (non-hydrogen) atoms. The van der Waals surface area contributed by atoms with Gasteiger partial charge in [0.25, 0.3) is 5.91 Å². The van der Waals surface area contributed by atoms with Crippen molar-refractivity contribution in [1.82, 2.24) is 15.2 Å². The van der Waals surface area contributed by atoms with Gasteiger partial charge in [-0.25, -0.2) is 4.63 Å². The van der Waals surface area contributed by atoms with Crippen LogP contribution in [0.1, 0.15) is 29.8 Å². The summed E-state index contributed by atoms with van der Waals surface area (Å²) in [5.74, 6) is 0.298. The number of anilines is 1. The number of nitrogens with two attached hydrogens (primary N) is 1. The maximum atomic E-state index is 12.3. The molecular weight excluding hydrogens is 236 g/mol. The predicted octanol–water partition coefficient (Wildman–Crippen LogP) is 0.293. The van der Waals surface area contributed by atoms with Gasteiger partial charge in [0.05, 0.1) is 6.61 Å². The number of rotatable bonds is 4. The second-order valence-corrected chi connectivity index (χ2v) is 4.92. The minimum Gasteiger partial charge on any atom is -0.381 e. The van der Waals surface area contributed by atoms with E-state index >= 15 is 0 Å². The highest BCUT2D eigenvalue weighted by atomic mass is 16.6. The molecule has 0 radical (unpaired) electrons. The zero-order valence-electron chi connectivity index (χ0n) is 10.0. The van der Waals surface area contributed by atoms with Gasteiger partial charge in [-0.1, -0.05) is 0 Å². The molecule has 0 aromatic carbocycles. The molecule has 2 fully saturated rings. The summed E-state index contributed by atoms with van der Waals surface area (Å²) in [7, 11) is 0. The van der Waals surface area contributed by atoms with E-state index in [4.69, 9.17) is 10.5 Å². The molecule has 2 N–H and O–H groups in total. The number of hydrogen-bond donors (Lipinski definition) is 1. The molecule has 1 amide bonds. The molecule has 1 unspecified atom stereocenters. The van der Waals surface area contributed by atoms with Gasteiger partial charge in [0, 0.05) is 25.1 Å². The molecule has 1 atom stereocenters. The van der Waals surface area contributed by atoms with Crippen LogP contribution < -0.4 is 5.73 Å². The molecule has 1 aromatic heterocycles. The topological polar surface area (TPSA) is 94.5 Å². The highest BCUT2D eigenvalue weighted by Crippen LogP contribution is 2.30. The fourth-order valence-electron chi connectivity index (χ4n) is 2.27. The molecule has 7 heteroatoms. The van der Waals surface area contributed by atoms with Crippen molar-refractivity contribution >= 4 is 11.7 Å². The van der Waals surface area contributed by atoms with Gasteiger partial charge in [-0.3, -0.25) is 4.79 Å². The first-order chi connectivity index (χ1) is 8.75. The Kier molecular flexibility index (Phi) is 2.91. The second kappa shape index (κ2) is 4.56. The number of ether oxygens (including phenoxy) is 1. The Bertz CT molecular complexity index is 437. The van der Waals surface area contributed by atoms with Crippen LogP contribution in [0.2, 0.25) is 0 Å². The molecule has 0 spiro atoms. The van der Waals surface area contributed by atoms with Gasteiger partial charge < -0.3 is 15.4 Å². The number of carbonyl (C=O) groups excluding carboxylic acids is 1. The normalized spacial score (nSPS) is 23.2. The van der Waals surface area contributed by atoms with E-state index in [0.717, 1.165) is 32.5 Å². The van der Waals surface area contributed by atoms with Gasteiger partial charge >= 0.3 is 0 Å². The zero-order chi connectivity index (χ0) is 12.5. The molecule has 2 aliphatic rings. The van der Waals surface area contributed by atoms with Crippen molar-refractivity contribution in [3.05, 3.63) is 5.69 Å². The van der Waals surface area contributed by atoms with Crippen molar-refractivity contribution in [2.75, 3.05) is 25.5 Å². The third-order valence-corrected chi connectivity index (χ3v) is 3.44.